The summed E-state index contributed by atoms with van der Waals surface area (Å²) in [6.07, 6.45) is 0.187. The molecule has 0 saturated carbocycles. The number of hydrogen-bond acceptors (Lipinski definition) is 4. The van der Waals surface area contributed by atoms with Crippen LogP contribution in [0.2, 0.25) is 0 Å². The van der Waals surface area contributed by atoms with E-state index in [2.05, 4.69) is 15.5 Å². The van der Waals surface area contributed by atoms with Gasteiger partial charge in [-0.05, 0) is 42.8 Å². The van der Waals surface area contributed by atoms with Gasteiger partial charge in [0.25, 0.3) is 0 Å². The molecule has 1 N–H and O–H groups in total. The Kier molecular flexibility index (Phi) is 5.53. The molecule has 0 aliphatic carbocycles. The molecule has 0 aliphatic heterocycles. The zero-order valence-corrected chi connectivity index (χ0v) is 14.3. The Labute approximate surface area is 150 Å². The molecule has 0 saturated heterocycles. The first-order chi connectivity index (χ1) is 12.6. The molecule has 1 heterocycles. The molecular weight excluding hydrogens is 333 g/mol. The number of aromatic nitrogens is 2. The third-order valence-electron chi connectivity index (χ3n) is 3.67. The highest BCUT2D eigenvalue weighted by Gasteiger charge is 2.06. The molecule has 0 radical (unpaired) electrons. The Morgan fingerprint density at radius 3 is 2.35 bits per heavy atom. The lowest BCUT2D eigenvalue weighted by atomic mass is 10.1. The van der Waals surface area contributed by atoms with Crippen molar-refractivity contribution in [2.75, 3.05) is 11.9 Å². The molecule has 0 fully saturated rings. The number of ether oxygens (including phenoxy) is 1. The SMILES string of the molecule is CCOc1ccc(-c2ccc(NC(=O)Cc3ccc(F)cc3)cc2)nn1. The van der Waals surface area contributed by atoms with Gasteiger partial charge in [-0.15, -0.1) is 10.2 Å². The van der Waals surface area contributed by atoms with Gasteiger partial charge >= 0.3 is 0 Å². The predicted octanol–water partition coefficient (Wildman–Crippen LogP) is 3.86. The van der Waals surface area contributed by atoms with Crippen molar-refractivity contribution in [3.63, 3.8) is 0 Å². The Bertz CT molecular complexity index is 863. The molecular formula is C20H18FN3O2. The maximum Gasteiger partial charge on any atom is 0.233 e. The summed E-state index contributed by atoms with van der Waals surface area (Å²) in [5.74, 6) is 0.00767. The summed E-state index contributed by atoms with van der Waals surface area (Å²) >= 11 is 0. The zero-order chi connectivity index (χ0) is 18.4. The summed E-state index contributed by atoms with van der Waals surface area (Å²) in [6, 6.07) is 16.8. The molecule has 0 aliphatic rings. The Hall–Kier alpha value is -3.28. The molecule has 0 spiro atoms. The normalized spacial score (nSPS) is 10.4. The van der Waals surface area contributed by atoms with Gasteiger partial charge in [0.15, 0.2) is 0 Å². The van der Waals surface area contributed by atoms with Crippen molar-refractivity contribution in [3.05, 3.63) is 72.0 Å². The minimum absolute atomic E-state index is 0.162. The molecule has 6 heteroatoms. The summed E-state index contributed by atoms with van der Waals surface area (Å²) in [5.41, 5.74) is 3.04. The van der Waals surface area contributed by atoms with E-state index in [1.54, 1.807) is 30.3 Å². The summed E-state index contributed by atoms with van der Waals surface area (Å²) in [7, 11) is 0. The van der Waals surface area contributed by atoms with Gasteiger partial charge in [0.2, 0.25) is 11.8 Å². The molecule has 132 valence electrons. The van der Waals surface area contributed by atoms with Gasteiger partial charge < -0.3 is 10.1 Å². The van der Waals surface area contributed by atoms with Gasteiger partial charge in [0.1, 0.15) is 5.82 Å². The van der Waals surface area contributed by atoms with Crippen LogP contribution < -0.4 is 10.1 Å². The molecule has 3 aromatic rings. The molecule has 3 rings (SSSR count). The topological polar surface area (TPSA) is 64.1 Å². The van der Waals surface area contributed by atoms with E-state index in [0.717, 1.165) is 16.8 Å². The average molecular weight is 351 g/mol. The minimum Gasteiger partial charge on any atom is -0.477 e. The predicted molar refractivity (Wildman–Crippen MR) is 97.4 cm³/mol. The molecule has 2 aromatic carbocycles. The van der Waals surface area contributed by atoms with Gasteiger partial charge in [0, 0.05) is 17.3 Å². The summed E-state index contributed by atoms with van der Waals surface area (Å²) in [6.45, 7) is 2.43. The van der Waals surface area contributed by atoms with E-state index in [1.165, 1.54) is 12.1 Å². The molecule has 0 bridgehead atoms. The fraction of sp³-hybridized carbons (Fsp3) is 0.150. The second kappa shape index (κ2) is 8.20. The number of nitrogens with zero attached hydrogens (tertiary/aromatic N) is 2. The van der Waals surface area contributed by atoms with Crippen molar-refractivity contribution in [3.8, 4) is 17.1 Å². The summed E-state index contributed by atoms with van der Waals surface area (Å²) < 4.78 is 18.2. The summed E-state index contributed by atoms with van der Waals surface area (Å²) in [5, 5.41) is 10.9. The Balaban J connectivity index is 1.61. The molecule has 1 aromatic heterocycles. The van der Waals surface area contributed by atoms with Crippen molar-refractivity contribution in [2.45, 2.75) is 13.3 Å². The number of carbonyl (C=O) groups is 1. The number of amides is 1. The number of halogens is 1. The van der Waals surface area contributed by atoms with Crippen molar-refractivity contribution in [1.82, 2.24) is 10.2 Å². The van der Waals surface area contributed by atoms with Crippen molar-refractivity contribution >= 4 is 11.6 Å². The van der Waals surface area contributed by atoms with Gasteiger partial charge in [-0.1, -0.05) is 24.3 Å². The first-order valence-electron chi connectivity index (χ1n) is 8.25. The standard InChI is InChI=1S/C20H18FN3O2/c1-2-26-20-12-11-18(23-24-20)15-5-9-17(10-6-15)22-19(25)13-14-3-7-16(21)8-4-14/h3-12H,2,13H2,1H3,(H,22,25). The monoisotopic (exact) mass is 351 g/mol. The fourth-order valence-corrected chi connectivity index (χ4v) is 2.42. The quantitative estimate of drug-likeness (QED) is 0.732. The molecule has 0 atom stereocenters. The molecule has 1 amide bonds. The lowest BCUT2D eigenvalue weighted by Gasteiger charge is -2.07. The largest absolute Gasteiger partial charge is 0.477 e. The van der Waals surface area contributed by atoms with E-state index in [9.17, 15) is 9.18 Å². The van der Waals surface area contributed by atoms with E-state index < -0.39 is 0 Å². The number of carbonyl (C=O) groups excluding carboxylic acids is 1. The van der Waals surface area contributed by atoms with E-state index in [0.29, 0.717) is 18.2 Å². The van der Waals surface area contributed by atoms with Crippen molar-refractivity contribution < 1.29 is 13.9 Å². The molecule has 5 nitrogen and oxygen atoms in total. The van der Waals surface area contributed by atoms with E-state index in [-0.39, 0.29) is 18.1 Å². The molecule has 0 unspecified atom stereocenters. The minimum atomic E-state index is -0.317. The highest BCUT2D eigenvalue weighted by atomic mass is 19.1. The van der Waals surface area contributed by atoms with Crippen LogP contribution in [0.25, 0.3) is 11.3 Å². The van der Waals surface area contributed by atoms with Gasteiger partial charge in [-0.3, -0.25) is 4.79 Å². The van der Waals surface area contributed by atoms with Crippen LogP contribution in [0.5, 0.6) is 5.88 Å². The van der Waals surface area contributed by atoms with E-state index >= 15 is 0 Å². The number of anilines is 1. The van der Waals surface area contributed by atoms with Gasteiger partial charge in [-0.2, -0.15) is 0 Å². The fourth-order valence-electron chi connectivity index (χ4n) is 2.42. The van der Waals surface area contributed by atoms with Crippen molar-refractivity contribution in [1.29, 1.82) is 0 Å². The van der Waals surface area contributed by atoms with Crippen LogP contribution in [-0.2, 0) is 11.2 Å². The highest BCUT2D eigenvalue weighted by molar-refractivity contribution is 5.92. The number of benzene rings is 2. The van der Waals surface area contributed by atoms with Crippen LogP contribution in [0.15, 0.2) is 60.7 Å². The first kappa shape index (κ1) is 17.5. The van der Waals surface area contributed by atoms with Crippen LogP contribution in [-0.4, -0.2) is 22.7 Å². The van der Waals surface area contributed by atoms with E-state index in [4.69, 9.17) is 4.74 Å². The number of rotatable bonds is 6. The highest BCUT2D eigenvalue weighted by Crippen LogP contribution is 2.20. The Morgan fingerprint density at radius 2 is 1.73 bits per heavy atom. The van der Waals surface area contributed by atoms with Crippen LogP contribution in [0, 0.1) is 5.82 Å². The second-order valence-electron chi connectivity index (χ2n) is 5.62. The van der Waals surface area contributed by atoms with Crippen LogP contribution >= 0.6 is 0 Å². The number of hydrogen-bond donors (Lipinski definition) is 1. The lowest BCUT2D eigenvalue weighted by molar-refractivity contribution is -0.115. The van der Waals surface area contributed by atoms with E-state index in [1.807, 2.05) is 25.1 Å². The van der Waals surface area contributed by atoms with Gasteiger partial charge in [0.05, 0.1) is 18.7 Å². The summed E-state index contributed by atoms with van der Waals surface area (Å²) in [4.78, 5) is 12.1. The van der Waals surface area contributed by atoms with Crippen LogP contribution in [0.3, 0.4) is 0 Å². The van der Waals surface area contributed by atoms with Crippen LogP contribution in [0.1, 0.15) is 12.5 Å². The molecule has 26 heavy (non-hydrogen) atoms. The Morgan fingerprint density at radius 1 is 1.00 bits per heavy atom. The van der Waals surface area contributed by atoms with Gasteiger partial charge in [-0.25, -0.2) is 4.39 Å². The second-order valence-corrected chi connectivity index (χ2v) is 5.62. The third-order valence-corrected chi connectivity index (χ3v) is 3.67. The van der Waals surface area contributed by atoms with Crippen LogP contribution in [0.4, 0.5) is 10.1 Å². The zero-order valence-electron chi connectivity index (χ0n) is 14.3. The van der Waals surface area contributed by atoms with Crippen molar-refractivity contribution in [2.24, 2.45) is 0 Å². The number of nitrogens with one attached hydrogen (secondary N) is 1. The lowest BCUT2D eigenvalue weighted by Crippen LogP contribution is -2.14. The maximum absolute atomic E-state index is 12.9. The third kappa shape index (κ3) is 4.63. The smallest absolute Gasteiger partial charge is 0.233 e. The first-order valence-corrected chi connectivity index (χ1v) is 8.25. The maximum atomic E-state index is 12.9. The average Bonchev–Trinajstić information content (AvgIpc) is 2.65.